The molecule has 0 radical (unpaired) electrons. The highest BCUT2D eigenvalue weighted by Gasteiger charge is 2.26. The zero-order valence-electron chi connectivity index (χ0n) is 17.6. The quantitative estimate of drug-likeness (QED) is 0.548. The van der Waals surface area contributed by atoms with Gasteiger partial charge in [0.1, 0.15) is 18.2 Å². The van der Waals surface area contributed by atoms with Gasteiger partial charge in [-0.05, 0) is 48.0 Å². The lowest BCUT2D eigenvalue weighted by molar-refractivity contribution is -0.148. The van der Waals surface area contributed by atoms with Crippen molar-refractivity contribution in [2.45, 2.75) is 12.6 Å². The third kappa shape index (κ3) is 6.06. The molecule has 2 heterocycles. The number of carbonyl (C=O) groups is 2. The van der Waals surface area contributed by atoms with Crippen LogP contribution < -0.4 is 10.6 Å². The first-order valence-corrected chi connectivity index (χ1v) is 10.8. The number of hydrogen-bond donors (Lipinski definition) is 2. The first kappa shape index (κ1) is 22.7. The van der Waals surface area contributed by atoms with E-state index < -0.39 is 0 Å². The second kappa shape index (κ2) is 10.4. The Kier molecular flexibility index (Phi) is 7.16. The van der Waals surface area contributed by atoms with Crippen molar-refractivity contribution in [2.24, 2.45) is 0 Å². The maximum atomic E-state index is 13.1. The minimum absolute atomic E-state index is 0.0438. The molecule has 0 spiro atoms. The minimum Gasteiger partial charge on any atom is -0.367 e. The maximum Gasteiger partial charge on any atom is 0.259 e. The van der Waals surface area contributed by atoms with Crippen molar-refractivity contribution in [2.75, 3.05) is 30.3 Å². The monoisotopic (exact) mass is 468 g/mol. The SMILES string of the molecule is O=C(Nc1cccc(Cl)c1)c1cccnc1NC[C@@H]1CN(Cc2ccc(F)cc2)C(=O)CO1. The molecule has 0 bridgehead atoms. The summed E-state index contributed by atoms with van der Waals surface area (Å²) in [6, 6.07) is 16.3. The standard InChI is InChI=1S/C24H22ClFN4O3/c25-17-3-1-4-19(11-17)29-24(32)21-5-2-10-27-23(21)28-12-20-14-30(22(31)15-33-20)13-16-6-8-18(26)9-7-16/h1-11,20H,12-15H2,(H,27,28)(H,29,32)/t20-/m1/s1. The van der Waals surface area contributed by atoms with E-state index in [1.54, 1.807) is 59.6 Å². The fourth-order valence-corrected chi connectivity index (χ4v) is 3.66. The second-order valence-corrected chi connectivity index (χ2v) is 8.02. The Morgan fingerprint density at radius 2 is 2.00 bits per heavy atom. The fraction of sp³-hybridized carbons (Fsp3) is 0.208. The van der Waals surface area contributed by atoms with Gasteiger partial charge in [-0.15, -0.1) is 0 Å². The summed E-state index contributed by atoms with van der Waals surface area (Å²) >= 11 is 5.99. The van der Waals surface area contributed by atoms with E-state index in [4.69, 9.17) is 16.3 Å². The molecule has 1 aromatic heterocycles. The van der Waals surface area contributed by atoms with Crippen LogP contribution in [0.15, 0.2) is 66.9 Å². The molecule has 9 heteroatoms. The molecule has 3 aromatic rings. The predicted molar refractivity (Wildman–Crippen MR) is 124 cm³/mol. The molecule has 170 valence electrons. The van der Waals surface area contributed by atoms with Crippen LogP contribution >= 0.6 is 11.6 Å². The van der Waals surface area contributed by atoms with E-state index in [0.29, 0.717) is 41.7 Å². The van der Waals surface area contributed by atoms with E-state index in [2.05, 4.69) is 15.6 Å². The van der Waals surface area contributed by atoms with Crippen LogP contribution in [0, 0.1) is 5.82 Å². The van der Waals surface area contributed by atoms with Gasteiger partial charge in [0.2, 0.25) is 5.91 Å². The highest BCUT2D eigenvalue weighted by Crippen LogP contribution is 2.19. The van der Waals surface area contributed by atoms with E-state index in [1.807, 2.05) is 0 Å². The number of halogens is 2. The second-order valence-electron chi connectivity index (χ2n) is 7.58. The van der Waals surface area contributed by atoms with Crippen molar-refractivity contribution in [3.63, 3.8) is 0 Å². The number of anilines is 2. The number of morpholine rings is 1. The van der Waals surface area contributed by atoms with Crippen LogP contribution in [0.3, 0.4) is 0 Å². The average Bonchev–Trinajstić information content (AvgIpc) is 2.81. The van der Waals surface area contributed by atoms with Crippen molar-refractivity contribution >= 4 is 34.9 Å². The Bertz CT molecular complexity index is 1140. The molecule has 2 N–H and O–H groups in total. The van der Waals surface area contributed by atoms with Crippen LogP contribution in [-0.4, -0.2) is 47.5 Å². The molecule has 1 aliphatic heterocycles. The van der Waals surface area contributed by atoms with Crippen LogP contribution in [0.5, 0.6) is 0 Å². The minimum atomic E-state index is -0.328. The number of nitrogens with zero attached hydrogens (tertiary/aromatic N) is 2. The van der Waals surface area contributed by atoms with Crippen LogP contribution in [0.2, 0.25) is 5.02 Å². The lowest BCUT2D eigenvalue weighted by Crippen LogP contribution is -2.48. The Hall–Kier alpha value is -3.49. The van der Waals surface area contributed by atoms with Gasteiger partial charge in [0.15, 0.2) is 0 Å². The fourth-order valence-electron chi connectivity index (χ4n) is 3.47. The topological polar surface area (TPSA) is 83.6 Å². The summed E-state index contributed by atoms with van der Waals surface area (Å²) in [5, 5.41) is 6.48. The number of amides is 2. The number of pyridine rings is 1. The Morgan fingerprint density at radius 3 is 2.79 bits per heavy atom. The van der Waals surface area contributed by atoms with Gasteiger partial charge in [0, 0.05) is 36.5 Å². The summed E-state index contributed by atoms with van der Waals surface area (Å²) in [5.41, 5.74) is 1.78. The van der Waals surface area contributed by atoms with Gasteiger partial charge >= 0.3 is 0 Å². The lowest BCUT2D eigenvalue weighted by atomic mass is 10.1. The molecule has 33 heavy (non-hydrogen) atoms. The van der Waals surface area contributed by atoms with Crippen molar-refractivity contribution in [3.05, 3.63) is 88.8 Å². The first-order valence-electron chi connectivity index (χ1n) is 10.4. The Labute approximate surface area is 195 Å². The highest BCUT2D eigenvalue weighted by molar-refractivity contribution is 6.31. The zero-order chi connectivity index (χ0) is 23.2. The number of rotatable bonds is 7. The van der Waals surface area contributed by atoms with Gasteiger partial charge in [0.05, 0.1) is 11.7 Å². The van der Waals surface area contributed by atoms with E-state index >= 15 is 0 Å². The summed E-state index contributed by atoms with van der Waals surface area (Å²) < 4.78 is 18.8. The van der Waals surface area contributed by atoms with E-state index in [0.717, 1.165) is 5.56 Å². The Morgan fingerprint density at radius 1 is 1.18 bits per heavy atom. The van der Waals surface area contributed by atoms with Gasteiger partial charge in [-0.25, -0.2) is 9.37 Å². The maximum absolute atomic E-state index is 13.1. The molecule has 0 aliphatic carbocycles. The first-order chi connectivity index (χ1) is 16.0. The summed E-state index contributed by atoms with van der Waals surface area (Å²) in [6.07, 6.45) is 1.29. The van der Waals surface area contributed by atoms with Crippen molar-refractivity contribution in [3.8, 4) is 0 Å². The molecule has 1 fully saturated rings. The summed E-state index contributed by atoms with van der Waals surface area (Å²) in [6.45, 7) is 1.04. The van der Waals surface area contributed by atoms with Gasteiger partial charge in [-0.1, -0.05) is 29.8 Å². The normalized spacial score (nSPS) is 15.9. The highest BCUT2D eigenvalue weighted by atomic mass is 35.5. The Balaban J connectivity index is 1.38. The smallest absolute Gasteiger partial charge is 0.259 e. The number of hydrogen-bond acceptors (Lipinski definition) is 5. The molecule has 1 saturated heterocycles. The van der Waals surface area contributed by atoms with Gasteiger partial charge in [-0.3, -0.25) is 9.59 Å². The molecular formula is C24H22ClFN4O3. The van der Waals surface area contributed by atoms with Gasteiger partial charge in [-0.2, -0.15) is 0 Å². The van der Waals surface area contributed by atoms with E-state index in [1.165, 1.54) is 12.1 Å². The number of ether oxygens (including phenoxy) is 1. The third-order valence-corrected chi connectivity index (χ3v) is 5.37. The van der Waals surface area contributed by atoms with Crippen molar-refractivity contribution in [1.29, 1.82) is 0 Å². The van der Waals surface area contributed by atoms with Crippen LogP contribution in [-0.2, 0) is 16.1 Å². The van der Waals surface area contributed by atoms with Crippen molar-refractivity contribution < 1.29 is 18.7 Å². The molecule has 1 aliphatic rings. The molecular weight excluding hydrogens is 447 g/mol. The summed E-state index contributed by atoms with van der Waals surface area (Å²) in [7, 11) is 0. The molecule has 7 nitrogen and oxygen atoms in total. The molecule has 4 rings (SSSR count). The van der Waals surface area contributed by atoms with E-state index in [-0.39, 0.29) is 30.3 Å². The van der Waals surface area contributed by atoms with Gasteiger partial charge < -0.3 is 20.3 Å². The average molecular weight is 469 g/mol. The molecule has 2 amide bonds. The number of benzene rings is 2. The third-order valence-electron chi connectivity index (χ3n) is 5.14. The van der Waals surface area contributed by atoms with Crippen LogP contribution in [0.1, 0.15) is 15.9 Å². The predicted octanol–water partition coefficient (Wildman–Crippen LogP) is 3.97. The van der Waals surface area contributed by atoms with E-state index in [9.17, 15) is 14.0 Å². The lowest BCUT2D eigenvalue weighted by Gasteiger charge is -2.33. The number of carbonyl (C=O) groups excluding carboxylic acids is 2. The number of nitrogens with one attached hydrogen (secondary N) is 2. The molecule has 0 saturated carbocycles. The molecule has 2 aromatic carbocycles. The molecule has 0 unspecified atom stereocenters. The van der Waals surface area contributed by atoms with Gasteiger partial charge in [0.25, 0.3) is 5.91 Å². The molecule has 1 atom stereocenters. The number of aromatic nitrogens is 1. The zero-order valence-corrected chi connectivity index (χ0v) is 18.4. The largest absolute Gasteiger partial charge is 0.367 e. The summed E-state index contributed by atoms with van der Waals surface area (Å²) in [4.78, 5) is 31.0. The van der Waals surface area contributed by atoms with Crippen LogP contribution in [0.25, 0.3) is 0 Å². The summed E-state index contributed by atoms with van der Waals surface area (Å²) in [5.74, 6) is -0.372. The van der Waals surface area contributed by atoms with Crippen LogP contribution in [0.4, 0.5) is 15.9 Å². The van der Waals surface area contributed by atoms with Crippen molar-refractivity contribution in [1.82, 2.24) is 9.88 Å².